The molecule has 17 heavy (non-hydrogen) atoms. The van der Waals surface area contributed by atoms with Crippen LogP contribution in [0, 0.1) is 6.92 Å². The number of nitrogens with two attached hydrogens (primary N) is 1. The van der Waals surface area contributed by atoms with E-state index in [4.69, 9.17) is 10.5 Å². The number of nitrogens with zero attached hydrogens (tertiary/aromatic N) is 1. The van der Waals surface area contributed by atoms with Gasteiger partial charge >= 0.3 is 5.97 Å². The molecule has 0 bridgehead atoms. The number of hydrogen-bond donors (Lipinski definition) is 1. The zero-order valence-corrected chi connectivity index (χ0v) is 10.2. The van der Waals surface area contributed by atoms with E-state index in [1.807, 2.05) is 17.5 Å². The summed E-state index contributed by atoms with van der Waals surface area (Å²) >= 11 is 1.55. The van der Waals surface area contributed by atoms with Gasteiger partial charge in [-0.15, -0.1) is 11.3 Å². The molecule has 4 nitrogen and oxygen atoms in total. The largest absolute Gasteiger partial charge is 0.456 e. The molecular weight excluding hydrogens is 236 g/mol. The standard InChI is InChI=1S/C12H12N2O2S/c1-8-11(5-9(13)6-14-8)12(15)16-7-10-3-2-4-17-10/h2-6H,7,13H2,1H3. The minimum Gasteiger partial charge on any atom is -0.456 e. The molecule has 0 saturated carbocycles. The molecule has 0 aromatic carbocycles. The molecule has 0 fully saturated rings. The van der Waals surface area contributed by atoms with E-state index >= 15 is 0 Å². The van der Waals surface area contributed by atoms with E-state index in [0.29, 0.717) is 16.9 Å². The van der Waals surface area contributed by atoms with Gasteiger partial charge in [-0.05, 0) is 24.4 Å². The summed E-state index contributed by atoms with van der Waals surface area (Å²) in [6.07, 6.45) is 1.52. The molecule has 2 aromatic rings. The van der Waals surface area contributed by atoms with Gasteiger partial charge in [0.05, 0.1) is 23.1 Å². The van der Waals surface area contributed by atoms with Crippen LogP contribution in [0.25, 0.3) is 0 Å². The molecule has 0 aliphatic rings. The van der Waals surface area contributed by atoms with Crippen molar-refractivity contribution in [1.82, 2.24) is 4.98 Å². The number of ether oxygens (including phenoxy) is 1. The van der Waals surface area contributed by atoms with Crippen LogP contribution in [0.3, 0.4) is 0 Å². The van der Waals surface area contributed by atoms with E-state index in [1.165, 1.54) is 6.20 Å². The molecular formula is C12H12N2O2S. The molecule has 0 aliphatic carbocycles. The Bertz CT molecular complexity index is 523. The van der Waals surface area contributed by atoms with Gasteiger partial charge in [-0.25, -0.2) is 4.79 Å². The van der Waals surface area contributed by atoms with Crippen molar-refractivity contribution in [3.63, 3.8) is 0 Å². The summed E-state index contributed by atoms with van der Waals surface area (Å²) in [5, 5.41) is 1.94. The first-order valence-corrected chi connectivity index (χ1v) is 5.96. The number of thiophene rings is 1. The molecule has 0 atom stereocenters. The van der Waals surface area contributed by atoms with Crippen LogP contribution in [0.4, 0.5) is 5.69 Å². The van der Waals surface area contributed by atoms with Gasteiger partial charge in [0.1, 0.15) is 6.61 Å². The molecule has 0 spiro atoms. The van der Waals surface area contributed by atoms with Crippen molar-refractivity contribution >= 4 is 23.0 Å². The van der Waals surface area contributed by atoms with Crippen molar-refractivity contribution in [3.8, 4) is 0 Å². The van der Waals surface area contributed by atoms with Crippen molar-refractivity contribution in [3.05, 3.63) is 45.9 Å². The van der Waals surface area contributed by atoms with Crippen molar-refractivity contribution in [1.29, 1.82) is 0 Å². The molecule has 5 heteroatoms. The van der Waals surface area contributed by atoms with Crippen LogP contribution >= 0.6 is 11.3 Å². The predicted octanol–water partition coefficient (Wildman–Crippen LogP) is 2.39. The lowest BCUT2D eigenvalue weighted by Gasteiger charge is -2.06. The van der Waals surface area contributed by atoms with Gasteiger partial charge in [-0.2, -0.15) is 0 Å². The monoisotopic (exact) mass is 248 g/mol. The van der Waals surface area contributed by atoms with E-state index in [2.05, 4.69) is 4.98 Å². The fourth-order valence-electron chi connectivity index (χ4n) is 1.37. The Balaban J connectivity index is 2.07. The van der Waals surface area contributed by atoms with Gasteiger partial charge < -0.3 is 10.5 Å². The maximum atomic E-state index is 11.8. The molecule has 2 aromatic heterocycles. The average molecular weight is 248 g/mol. The highest BCUT2D eigenvalue weighted by molar-refractivity contribution is 7.09. The van der Waals surface area contributed by atoms with Crippen LogP contribution in [0.5, 0.6) is 0 Å². The number of aromatic nitrogens is 1. The van der Waals surface area contributed by atoms with Crippen LogP contribution in [-0.4, -0.2) is 11.0 Å². The van der Waals surface area contributed by atoms with Crippen molar-refractivity contribution in [2.24, 2.45) is 0 Å². The number of esters is 1. The SMILES string of the molecule is Cc1ncc(N)cc1C(=O)OCc1cccs1. The zero-order chi connectivity index (χ0) is 12.3. The second-order valence-corrected chi connectivity index (χ2v) is 4.59. The lowest BCUT2D eigenvalue weighted by Crippen LogP contribution is -2.08. The summed E-state index contributed by atoms with van der Waals surface area (Å²) in [6.45, 7) is 2.03. The fourth-order valence-corrected chi connectivity index (χ4v) is 1.98. The quantitative estimate of drug-likeness (QED) is 0.847. The molecule has 2 heterocycles. The second-order valence-electron chi connectivity index (χ2n) is 3.56. The first kappa shape index (κ1) is 11.6. The highest BCUT2D eigenvalue weighted by Crippen LogP contribution is 2.14. The van der Waals surface area contributed by atoms with Crippen LogP contribution in [0.1, 0.15) is 20.9 Å². The van der Waals surface area contributed by atoms with E-state index in [-0.39, 0.29) is 6.61 Å². The molecule has 2 N–H and O–H groups in total. The van der Waals surface area contributed by atoms with Gasteiger partial charge in [0.2, 0.25) is 0 Å². The van der Waals surface area contributed by atoms with Gasteiger partial charge in [0.25, 0.3) is 0 Å². The summed E-state index contributed by atoms with van der Waals surface area (Å²) in [4.78, 5) is 16.8. The van der Waals surface area contributed by atoms with E-state index in [1.54, 1.807) is 24.3 Å². The molecule has 2 rings (SSSR count). The van der Waals surface area contributed by atoms with Crippen molar-refractivity contribution < 1.29 is 9.53 Å². The molecule has 0 radical (unpaired) electrons. The highest BCUT2D eigenvalue weighted by atomic mass is 32.1. The number of hydrogen-bond acceptors (Lipinski definition) is 5. The van der Waals surface area contributed by atoms with Gasteiger partial charge in [0.15, 0.2) is 0 Å². The van der Waals surface area contributed by atoms with Crippen LogP contribution in [0.2, 0.25) is 0 Å². The lowest BCUT2D eigenvalue weighted by atomic mass is 10.2. The summed E-state index contributed by atoms with van der Waals surface area (Å²) in [6, 6.07) is 5.42. The normalized spacial score (nSPS) is 10.2. The summed E-state index contributed by atoms with van der Waals surface area (Å²) in [5.41, 5.74) is 7.08. The maximum absolute atomic E-state index is 11.8. The minimum atomic E-state index is -0.393. The first-order valence-electron chi connectivity index (χ1n) is 5.08. The Morgan fingerprint density at radius 1 is 1.59 bits per heavy atom. The van der Waals surface area contributed by atoms with Crippen LogP contribution < -0.4 is 5.73 Å². The summed E-state index contributed by atoms with van der Waals surface area (Å²) < 4.78 is 5.18. The summed E-state index contributed by atoms with van der Waals surface area (Å²) in [7, 11) is 0. The minimum absolute atomic E-state index is 0.282. The van der Waals surface area contributed by atoms with Crippen molar-refractivity contribution in [2.75, 3.05) is 5.73 Å². The van der Waals surface area contributed by atoms with Gasteiger partial charge in [0, 0.05) is 4.88 Å². The number of nitrogen functional groups attached to an aromatic ring is 1. The zero-order valence-electron chi connectivity index (χ0n) is 9.34. The number of carbonyl (C=O) groups excluding carboxylic acids is 1. The Hall–Kier alpha value is -1.88. The molecule has 0 unspecified atom stereocenters. The third-order valence-corrected chi connectivity index (χ3v) is 3.10. The number of aryl methyl sites for hydroxylation is 1. The van der Waals surface area contributed by atoms with Crippen LogP contribution in [-0.2, 0) is 11.3 Å². The van der Waals surface area contributed by atoms with Gasteiger partial charge in [-0.1, -0.05) is 6.07 Å². The Morgan fingerprint density at radius 2 is 2.41 bits per heavy atom. The third-order valence-electron chi connectivity index (χ3n) is 2.25. The van der Waals surface area contributed by atoms with Gasteiger partial charge in [-0.3, -0.25) is 4.98 Å². The molecule has 0 amide bonds. The Morgan fingerprint density at radius 3 is 3.12 bits per heavy atom. The lowest BCUT2D eigenvalue weighted by molar-refractivity contribution is 0.0475. The number of rotatable bonds is 3. The van der Waals surface area contributed by atoms with Crippen LogP contribution in [0.15, 0.2) is 29.8 Å². The third kappa shape index (κ3) is 2.82. The second kappa shape index (κ2) is 4.97. The summed E-state index contributed by atoms with van der Waals surface area (Å²) in [5.74, 6) is -0.393. The van der Waals surface area contributed by atoms with E-state index in [9.17, 15) is 4.79 Å². The number of pyridine rings is 1. The smallest absolute Gasteiger partial charge is 0.340 e. The topological polar surface area (TPSA) is 65.2 Å². The first-order chi connectivity index (χ1) is 8.16. The molecule has 0 saturated heterocycles. The number of carbonyl (C=O) groups is 1. The van der Waals surface area contributed by atoms with E-state index < -0.39 is 5.97 Å². The van der Waals surface area contributed by atoms with E-state index in [0.717, 1.165) is 4.88 Å². The van der Waals surface area contributed by atoms with Crippen molar-refractivity contribution in [2.45, 2.75) is 13.5 Å². The average Bonchev–Trinajstić information content (AvgIpc) is 2.82. The Labute approximate surface area is 103 Å². The Kier molecular flexibility index (Phi) is 3.39. The molecule has 0 aliphatic heterocycles. The maximum Gasteiger partial charge on any atom is 0.340 e. The molecule has 88 valence electrons. The fraction of sp³-hybridized carbons (Fsp3) is 0.167. The highest BCUT2D eigenvalue weighted by Gasteiger charge is 2.12. The number of anilines is 1. The predicted molar refractivity (Wildman–Crippen MR) is 66.8 cm³/mol.